The molecule has 0 aromatic carbocycles. The maximum absolute atomic E-state index is 11.9. The number of nitrogens with one attached hydrogen (secondary N) is 2. The normalized spacial score (nSPS) is 21.8. The molecule has 1 saturated heterocycles. The summed E-state index contributed by atoms with van der Waals surface area (Å²) in [4.78, 5) is 18.1. The highest BCUT2D eigenvalue weighted by Crippen LogP contribution is 2.27. The van der Waals surface area contributed by atoms with Gasteiger partial charge < -0.3 is 15.4 Å². The summed E-state index contributed by atoms with van der Waals surface area (Å²) in [6.07, 6.45) is 6.86. The molecule has 116 valence electrons. The van der Waals surface area contributed by atoms with Gasteiger partial charge in [0.2, 0.25) is 5.91 Å². The van der Waals surface area contributed by atoms with Crippen molar-refractivity contribution < 1.29 is 9.53 Å². The van der Waals surface area contributed by atoms with E-state index in [0.29, 0.717) is 19.8 Å². The van der Waals surface area contributed by atoms with Gasteiger partial charge in [-0.15, -0.1) is 11.3 Å². The first kappa shape index (κ1) is 14.9. The number of amides is 1. The van der Waals surface area contributed by atoms with E-state index in [4.69, 9.17) is 9.72 Å². The third kappa shape index (κ3) is 4.02. The number of hydrogen-bond acceptors (Lipinski definition) is 5. The number of hydrogen-bond donors (Lipinski definition) is 2. The number of carbonyl (C=O) groups is 1. The van der Waals surface area contributed by atoms with Gasteiger partial charge in [-0.2, -0.15) is 0 Å². The van der Waals surface area contributed by atoms with Crippen molar-refractivity contribution in [2.45, 2.75) is 44.6 Å². The zero-order valence-electron chi connectivity index (χ0n) is 12.3. The highest BCUT2D eigenvalue weighted by Gasteiger charge is 2.20. The summed E-state index contributed by atoms with van der Waals surface area (Å²) in [6, 6.07) is -0.189. The predicted octanol–water partition coefficient (Wildman–Crippen LogP) is 1.06. The first-order valence-electron chi connectivity index (χ1n) is 7.89. The predicted molar refractivity (Wildman–Crippen MR) is 82.7 cm³/mol. The minimum absolute atomic E-state index is 0.0492. The molecule has 1 unspecified atom stereocenters. The highest BCUT2D eigenvalue weighted by atomic mass is 32.1. The summed E-state index contributed by atoms with van der Waals surface area (Å²) in [5.41, 5.74) is 1.33. The molecular weight excluding hydrogens is 286 g/mol. The van der Waals surface area contributed by atoms with Gasteiger partial charge in [-0.25, -0.2) is 4.98 Å². The van der Waals surface area contributed by atoms with Gasteiger partial charge in [0.25, 0.3) is 0 Å². The summed E-state index contributed by atoms with van der Waals surface area (Å²) in [7, 11) is 0. The van der Waals surface area contributed by atoms with Gasteiger partial charge in [0.15, 0.2) is 0 Å². The number of nitrogens with zero attached hydrogens (tertiary/aromatic N) is 1. The average molecular weight is 309 g/mol. The molecule has 1 aliphatic carbocycles. The van der Waals surface area contributed by atoms with Crippen LogP contribution in [-0.2, 0) is 28.8 Å². The molecule has 2 heterocycles. The fourth-order valence-corrected chi connectivity index (χ4v) is 4.02. The Hall–Kier alpha value is -0.980. The van der Waals surface area contributed by atoms with Gasteiger partial charge in [0, 0.05) is 24.4 Å². The summed E-state index contributed by atoms with van der Waals surface area (Å²) in [6.45, 7) is 2.63. The molecule has 3 rings (SSSR count). The zero-order valence-corrected chi connectivity index (χ0v) is 13.1. The third-order valence-corrected chi connectivity index (χ3v) is 5.21. The Morgan fingerprint density at radius 2 is 2.33 bits per heavy atom. The van der Waals surface area contributed by atoms with Crippen molar-refractivity contribution in [1.29, 1.82) is 0 Å². The number of carbonyl (C=O) groups excluding carboxylic acids is 1. The lowest BCUT2D eigenvalue weighted by Gasteiger charge is -2.22. The van der Waals surface area contributed by atoms with Crippen LogP contribution in [0.25, 0.3) is 0 Å². The Balaban J connectivity index is 1.38. The maximum Gasteiger partial charge on any atom is 0.239 e. The number of morpholine rings is 1. The lowest BCUT2D eigenvalue weighted by Crippen LogP contribution is -2.51. The Morgan fingerprint density at radius 3 is 3.14 bits per heavy atom. The van der Waals surface area contributed by atoms with E-state index < -0.39 is 0 Å². The molecule has 1 aliphatic heterocycles. The number of fused-ring (bicyclic) bond motifs is 1. The largest absolute Gasteiger partial charge is 0.378 e. The maximum atomic E-state index is 11.9. The minimum atomic E-state index is -0.189. The van der Waals surface area contributed by atoms with Crippen molar-refractivity contribution in [2.24, 2.45) is 0 Å². The van der Waals surface area contributed by atoms with Gasteiger partial charge >= 0.3 is 0 Å². The van der Waals surface area contributed by atoms with E-state index in [2.05, 4.69) is 10.6 Å². The molecular formula is C15H23N3O2S. The Morgan fingerprint density at radius 1 is 1.43 bits per heavy atom. The summed E-state index contributed by atoms with van der Waals surface area (Å²) in [5, 5.41) is 7.37. The van der Waals surface area contributed by atoms with Crippen molar-refractivity contribution in [2.75, 3.05) is 26.3 Å². The van der Waals surface area contributed by atoms with Crippen molar-refractivity contribution in [3.8, 4) is 0 Å². The standard InChI is InChI=1S/C15H23N3O2S/c19-15(12-10-20-9-8-16-12)17-7-3-6-14-18-11-4-1-2-5-13(11)21-14/h12,16H,1-10H2,(H,17,19). The van der Waals surface area contributed by atoms with Crippen LogP contribution in [0.2, 0.25) is 0 Å². The molecule has 0 saturated carbocycles. The summed E-state index contributed by atoms with van der Waals surface area (Å²) < 4.78 is 5.29. The fraction of sp³-hybridized carbons (Fsp3) is 0.733. The molecule has 1 aromatic heterocycles. The molecule has 0 spiro atoms. The average Bonchev–Trinajstić information content (AvgIpc) is 2.95. The Kier molecular flexibility index (Phi) is 5.22. The van der Waals surface area contributed by atoms with Crippen LogP contribution in [0.1, 0.15) is 34.8 Å². The van der Waals surface area contributed by atoms with Crippen molar-refractivity contribution >= 4 is 17.2 Å². The van der Waals surface area contributed by atoms with Crippen LogP contribution in [0.3, 0.4) is 0 Å². The van der Waals surface area contributed by atoms with Gasteiger partial charge in [-0.1, -0.05) is 0 Å². The van der Waals surface area contributed by atoms with E-state index in [1.54, 1.807) is 0 Å². The highest BCUT2D eigenvalue weighted by molar-refractivity contribution is 7.11. The first-order chi connectivity index (χ1) is 10.3. The van der Waals surface area contributed by atoms with Crippen LogP contribution in [-0.4, -0.2) is 43.2 Å². The zero-order chi connectivity index (χ0) is 14.5. The molecule has 21 heavy (non-hydrogen) atoms. The smallest absolute Gasteiger partial charge is 0.239 e. The van der Waals surface area contributed by atoms with Gasteiger partial charge in [0.05, 0.1) is 23.9 Å². The molecule has 2 aliphatic rings. The number of rotatable bonds is 5. The first-order valence-corrected chi connectivity index (χ1v) is 8.71. The fourth-order valence-electron chi connectivity index (χ4n) is 2.82. The van der Waals surface area contributed by atoms with E-state index in [1.165, 1.54) is 34.8 Å². The molecule has 6 heteroatoms. The minimum Gasteiger partial charge on any atom is -0.378 e. The van der Waals surface area contributed by atoms with Gasteiger partial charge in [0.1, 0.15) is 6.04 Å². The molecule has 2 N–H and O–H groups in total. The van der Waals surface area contributed by atoms with Gasteiger partial charge in [-0.3, -0.25) is 4.79 Å². The number of aromatic nitrogens is 1. The van der Waals surface area contributed by atoms with E-state index >= 15 is 0 Å². The van der Waals surface area contributed by atoms with E-state index in [1.807, 2.05) is 11.3 Å². The molecule has 1 aromatic rings. The SMILES string of the molecule is O=C(NCCCc1nc2c(s1)CCCC2)C1COCCN1. The van der Waals surface area contributed by atoms with Crippen molar-refractivity contribution in [1.82, 2.24) is 15.6 Å². The summed E-state index contributed by atoms with van der Waals surface area (Å²) >= 11 is 1.87. The monoisotopic (exact) mass is 309 g/mol. The number of thiazole rings is 1. The lowest BCUT2D eigenvalue weighted by atomic mass is 10.0. The topological polar surface area (TPSA) is 63.2 Å². The van der Waals surface area contributed by atoms with Crippen LogP contribution >= 0.6 is 11.3 Å². The van der Waals surface area contributed by atoms with Crippen LogP contribution in [0.15, 0.2) is 0 Å². The molecule has 0 bridgehead atoms. The lowest BCUT2D eigenvalue weighted by molar-refractivity contribution is -0.125. The van der Waals surface area contributed by atoms with Crippen molar-refractivity contribution in [3.05, 3.63) is 15.6 Å². The van der Waals surface area contributed by atoms with E-state index in [-0.39, 0.29) is 11.9 Å². The second kappa shape index (κ2) is 7.33. The molecule has 5 nitrogen and oxygen atoms in total. The van der Waals surface area contributed by atoms with Crippen molar-refractivity contribution in [3.63, 3.8) is 0 Å². The van der Waals surface area contributed by atoms with Crippen LogP contribution in [0.5, 0.6) is 0 Å². The quantitative estimate of drug-likeness (QED) is 0.798. The number of aryl methyl sites for hydroxylation is 3. The van der Waals surface area contributed by atoms with E-state index in [9.17, 15) is 4.79 Å². The van der Waals surface area contributed by atoms with E-state index in [0.717, 1.165) is 25.8 Å². The molecule has 1 fully saturated rings. The van der Waals surface area contributed by atoms with Crippen LogP contribution in [0, 0.1) is 0 Å². The molecule has 0 radical (unpaired) electrons. The molecule has 1 atom stereocenters. The Bertz CT molecular complexity index is 460. The van der Waals surface area contributed by atoms with Crippen LogP contribution in [0.4, 0.5) is 0 Å². The number of ether oxygens (including phenoxy) is 1. The Labute approximate surface area is 129 Å². The second-order valence-corrected chi connectivity index (χ2v) is 6.83. The second-order valence-electron chi connectivity index (χ2n) is 5.66. The van der Waals surface area contributed by atoms with Crippen LogP contribution < -0.4 is 10.6 Å². The third-order valence-electron chi connectivity index (χ3n) is 3.99. The molecule has 1 amide bonds. The van der Waals surface area contributed by atoms with Gasteiger partial charge in [-0.05, 0) is 32.1 Å². The summed E-state index contributed by atoms with van der Waals surface area (Å²) in [5.74, 6) is 0.0492.